The molecule has 0 saturated heterocycles. The molecule has 0 heterocycles. The second-order valence-electron chi connectivity index (χ2n) is 4.43. The molecular formula is C16H25NO3S. The lowest BCUT2D eigenvalue weighted by Gasteiger charge is -2.18. The maximum Gasteiger partial charge on any atom is 0.315 e. The van der Waals surface area contributed by atoms with Crippen molar-refractivity contribution in [1.82, 2.24) is 5.32 Å². The first kappa shape index (κ1) is 17.9. The molecule has 0 aromatic heterocycles. The van der Waals surface area contributed by atoms with Gasteiger partial charge in [-0.3, -0.25) is 4.79 Å². The van der Waals surface area contributed by atoms with Crippen LogP contribution >= 0.6 is 11.8 Å². The largest absolute Gasteiger partial charge is 0.494 e. The van der Waals surface area contributed by atoms with E-state index in [-0.39, 0.29) is 12.0 Å². The van der Waals surface area contributed by atoms with Crippen LogP contribution in [0, 0.1) is 0 Å². The molecule has 5 heteroatoms. The molecule has 1 rings (SSSR count). The Morgan fingerprint density at radius 1 is 1.19 bits per heavy atom. The highest BCUT2D eigenvalue weighted by atomic mass is 32.2. The van der Waals surface area contributed by atoms with Gasteiger partial charge < -0.3 is 14.8 Å². The van der Waals surface area contributed by atoms with Gasteiger partial charge in [-0.05, 0) is 38.1 Å². The number of carbonyl (C=O) groups excluding carboxylic acids is 1. The smallest absolute Gasteiger partial charge is 0.315 e. The van der Waals surface area contributed by atoms with Gasteiger partial charge in [0.2, 0.25) is 0 Å². The number of hydrogen-bond acceptors (Lipinski definition) is 5. The molecule has 0 saturated carbocycles. The fraction of sp³-hybridized carbons (Fsp3) is 0.562. The summed E-state index contributed by atoms with van der Waals surface area (Å²) >= 11 is 1.59. The zero-order valence-electron chi connectivity index (χ0n) is 13.1. The number of thioether (sulfide) groups is 1. The van der Waals surface area contributed by atoms with Crippen molar-refractivity contribution in [2.45, 2.75) is 26.8 Å². The van der Waals surface area contributed by atoms with Crippen molar-refractivity contribution in [3.05, 3.63) is 29.8 Å². The third-order valence-electron chi connectivity index (χ3n) is 2.85. The van der Waals surface area contributed by atoms with Gasteiger partial charge in [-0.25, -0.2) is 0 Å². The van der Waals surface area contributed by atoms with Gasteiger partial charge in [0.05, 0.1) is 19.0 Å². The topological polar surface area (TPSA) is 47.6 Å². The summed E-state index contributed by atoms with van der Waals surface area (Å²) in [5.74, 6) is 1.97. The van der Waals surface area contributed by atoms with Crippen LogP contribution in [-0.2, 0) is 9.53 Å². The molecule has 0 aliphatic carbocycles. The SMILES string of the molecule is CCNC(CSCC(=O)OCC)c1ccc(OCC)cc1. The molecule has 0 amide bonds. The highest BCUT2D eigenvalue weighted by molar-refractivity contribution is 7.99. The number of rotatable bonds is 10. The summed E-state index contributed by atoms with van der Waals surface area (Å²) in [5.41, 5.74) is 1.21. The van der Waals surface area contributed by atoms with Crippen LogP contribution in [0.1, 0.15) is 32.4 Å². The molecule has 0 aliphatic heterocycles. The lowest BCUT2D eigenvalue weighted by molar-refractivity contribution is -0.139. The molecule has 1 atom stereocenters. The summed E-state index contributed by atoms with van der Waals surface area (Å²) < 4.78 is 10.4. The van der Waals surface area contributed by atoms with Crippen LogP contribution in [0.3, 0.4) is 0 Å². The van der Waals surface area contributed by atoms with E-state index in [2.05, 4.69) is 24.4 Å². The number of hydrogen-bond donors (Lipinski definition) is 1. The quantitative estimate of drug-likeness (QED) is 0.673. The second kappa shape index (κ2) is 10.5. The van der Waals surface area contributed by atoms with E-state index in [1.807, 2.05) is 26.0 Å². The monoisotopic (exact) mass is 311 g/mol. The summed E-state index contributed by atoms with van der Waals surface area (Å²) in [4.78, 5) is 11.4. The molecule has 0 bridgehead atoms. The lowest BCUT2D eigenvalue weighted by atomic mass is 10.1. The molecule has 4 nitrogen and oxygen atoms in total. The average Bonchev–Trinajstić information content (AvgIpc) is 2.48. The summed E-state index contributed by atoms with van der Waals surface area (Å²) in [6.07, 6.45) is 0. The van der Waals surface area contributed by atoms with Crippen LogP contribution in [0.2, 0.25) is 0 Å². The first-order valence-corrected chi connectivity index (χ1v) is 8.56. The van der Waals surface area contributed by atoms with Crippen LogP contribution in [0.5, 0.6) is 5.75 Å². The lowest BCUT2D eigenvalue weighted by Crippen LogP contribution is -2.23. The van der Waals surface area contributed by atoms with E-state index in [0.29, 0.717) is 19.0 Å². The van der Waals surface area contributed by atoms with Gasteiger partial charge in [0.1, 0.15) is 5.75 Å². The van der Waals surface area contributed by atoms with Crippen molar-refractivity contribution in [2.75, 3.05) is 31.3 Å². The van der Waals surface area contributed by atoms with Crippen molar-refractivity contribution in [2.24, 2.45) is 0 Å². The summed E-state index contributed by atoms with van der Waals surface area (Å²) in [5, 5.41) is 3.44. The van der Waals surface area contributed by atoms with E-state index in [1.165, 1.54) is 5.56 Å². The Labute approximate surface area is 131 Å². The first-order valence-electron chi connectivity index (χ1n) is 7.40. The maximum absolute atomic E-state index is 11.4. The number of benzene rings is 1. The average molecular weight is 311 g/mol. The zero-order valence-corrected chi connectivity index (χ0v) is 13.9. The van der Waals surface area contributed by atoms with Crippen LogP contribution in [0.25, 0.3) is 0 Å². The van der Waals surface area contributed by atoms with E-state index in [9.17, 15) is 4.79 Å². The highest BCUT2D eigenvalue weighted by Crippen LogP contribution is 2.21. The maximum atomic E-state index is 11.4. The number of carbonyl (C=O) groups is 1. The normalized spacial score (nSPS) is 12.0. The van der Waals surface area contributed by atoms with Crippen molar-refractivity contribution < 1.29 is 14.3 Å². The molecule has 0 spiro atoms. The summed E-state index contributed by atoms with van der Waals surface area (Å²) in [6.45, 7) is 7.88. The number of ether oxygens (including phenoxy) is 2. The third-order valence-corrected chi connectivity index (χ3v) is 3.86. The van der Waals surface area contributed by atoms with Gasteiger partial charge in [0.15, 0.2) is 0 Å². The molecule has 118 valence electrons. The van der Waals surface area contributed by atoms with E-state index in [0.717, 1.165) is 18.0 Å². The first-order chi connectivity index (χ1) is 10.2. The molecule has 1 N–H and O–H groups in total. The fourth-order valence-electron chi connectivity index (χ4n) is 1.95. The number of esters is 1. The zero-order chi connectivity index (χ0) is 15.5. The predicted octanol–water partition coefficient (Wildman–Crippen LogP) is 3.03. The Balaban J connectivity index is 2.53. The van der Waals surface area contributed by atoms with E-state index < -0.39 is 0 Å². The molecule has 1 aromatic rings. The Kier molecular flexibility index (Phi) is 8.94. The van der Waals surface area contributed by atoms with E-state index >= 15 is 0 Å². The van der Waals surface area contributed by atoms with Crippen LogP contribution in [0.15, 0.2) is 24.3 Å². The van der Waals surface area contributed by atoms with Crippen molar-refractivity contribution in [1.29, 1.82) is 0 Å². The molecular weight excluding hydrogens is 286 g/mol. The van der Waals surface area contributed by atoms with E-state index in [1.54, 1.807) is 11.8 Å². The molecule has 1 unspecified atom stereocenters. The molecule has 21 heavy (non-hydrogen) atoms. The molecule has 0 aliphatic rings. The Bertz CT molecular complexity index is 408. The van der Waals surface area contributed by atoms with Gasteiger partial charge >= 0.3 is 5.97 Å². The molecule has 1 aromatic carbocycles. The van der Waals surface area contributed by atoms with Gasteiger partial charge in [-0.1, -0.05) is 19.1 Å². The van der Waals surface area contributed by atoms with Crippen molar-refractivity contribution in [3.63, 3.8) is 0 Å². The molecule has 0 radical (unpaired) electrons. The minimum absolute atomic E-state index is 0.149. The van der Waals surface area contributed by atoms with Crippen LogP contribution < -0.4 is 10.1 Å². The van der Waals surface area contributed by atoms with E-state index in [4.69, 9.17) is 9.47 Å². The van der Waals surface area contributed by atoms with Gasteiger partial charge in [0.25, 0.3) is 0 Å². The van der Waals surface area contributed by atoms with Gasteiger partial charge in [-0.2, -0.15) is 0 Å². The fourth-order valence-corrected chi connectivity index (χ4v) is 2.86. The predicted molar refractivity (Wildman–Crippen MR) is 88.0 cm³/mol. The Morgan fingerprint density at radius 2 is 1.90 bits per heavy atom. The Morgan fingerprint density at radius 3 is 2.48 bits per heavy atom. The van der Waals surface area contributed by atoms with Crippen molar-refractivity contribution in [3.8, 4) is 5.75 Å². The van der Waals surface area contributed by atoms with Gasteiger partial charge in [-0.15, -0.1) is 11.8 Å². The second-order valence-corrected chi connectivity index (χ2v) is 5.46. The third kappa shape index (κ3) is 6.87. The van der Waals surface area contributed by atoms with Gasteiger partial charge in [0, 0.05) is 11.8 Å². The highest BCUT2D eigenvalue weighted by Gasteiger charge is 2.12. The summed E-state index contributed by atoms with van der Waals surface area (Å²) in [6, 6.07) is 8.34. The Hall–Kier alpha value is -1.20. The van der Waals surface area contributed by atoms with Crippen molar-refractivity contribution >= 4 is 17.7 Å². The van der Waals surface area contributed by atoms with Crippen LogP contribution in [-0.4, -0.2) is 37.2 Å². The standard InChI is InChI=1S/C16H25NO3S/c1-4-17-15(11-21-12-16(18)20-6-3)13-7-9-14(10-8-13)19-5-2/h7-10,15,17H,4-6,11-12H2,1-3H3. The molecule has 0 fully saturated rings. The van der Waals surface area contributed by atoms with Crippen LogP contribution in [0.4, 0.5) is 0 Å². The minimum Gasteiger partial charge on any atom is -0.494 e. The number of nitrogens with one attached hydrogen (secondary N) is 1. The minimum atomic E-state index is -0.149. The summed E-state index contributed by atoms with van der Waals surface area (Å²) in [7, 11) is 0.